The molecule has 11 heteroatoms. The van der Waals surface area contributed by atoms with E-state index in [1.807, 2.05) is 30.3 Å². The number of nitrogens with one attached hydrogen (secondary N) is 2. The van der Waals surface area contributed by atoms with Crippen LogP contribution >= 0.6 is 12.2 Å². The molecule has 3 aromatic rings. The van der Waals surface area contributed by atoms with Gasteiger partial charge in [-0.1, -0.05) is 42.5 Å². The standard InChI is InChI=1S/C24H22F3N3O3S.CH5N.3H2/c25-20-12-17(30(33)14-18(31)13-28-24(34)23(26)27)8-9-19(20)15-6-10-21(22(32)11-7-15)29-16-4-2-1-3-5-16;1-2;;;/h1-12,18,23,31,33H,13-14H2,(H,28,34)(H,29,32);2H2,1H3;3*1H/t18-;;;;/m0..../s1. The molecule has 0 amide bonds. The summed E-state index contributed by atoms with van der Waals surface area (Å²) in [5.74, 6) is -0.667. The molecule has 0 aliphatic carbocycles. The summed E-state index contributed by atoms with van der Waals surface area (Å²) >= 11 is 4.42. The SMILES string of the molecule is CN.O=c1ccc(-c2ccc(N(O)C[C@@H](O)CNC(=S)C(F)F)cc2F)ccc1Nc1ccccc1.[HH].[HH].[HH]. The van der Waals surface area contributed by atoms with Crippen LogP contribution in [-0.2, 0) is 0 Å². The van der Waals surface area contributed by atoms with Crippen LogP contribution in [0.3, 0.4) is 0 Å². The van der Waals surface area contributed by atoms with E-state index in [1.165, 1.54) is 31.3 Å². The third-order valence-electron chi connectivity index (χ3n) is 4.82. The van der Waals surface area contributed by atoms with Crippen molar-refractivity contribution in [3.8, 4) is 11.1 Å². The number of aliphatic hydroxyl groups is 1. The number of halogens is 3. The average Bonchev–Trinajstić information content (AvgIpc) is 3.05. The van der Waals surface area contributed by atoms with Gasteiger partial charge in [-0.3, -0.25) is 15.1 Å². The normalized spacial score (nSPS) is 11.2. The van der Waals surface area contributed by atoms with E-state index in [9.17, 15) is 28.3 Å². The summed E-state index contributed by atoms with van der Waals surface area (Å²) < 4.78 is 39.6. The van der Waals surface area contributed by atoms with Crippen LogP contribution in [0.4, 0.5) is 30.2 Å². The fourth-order valence-electron chi connectivity index (χ4n) is 3.09. The number of hydrogen-bond donors (Lipinski definition) is 5. The van der Waals surface area contributed by atoms with Crippen molar-refractivity contribution < 1.29 is 27.8 Å². The molecule has 3 rings (SSSR count). The van der Waals surface area contributed by atoms with Gasteiger partial charge in [-0.25, -0.2) is 13.2 Å². The van der Waals surface area contributed by atoms with Gasteiger partial charge in [-0.2, -0.15) is 0 Å². The van der Waals surface area contributed by atoms with Gasteiger partial charge < -0.3 is 21.5 Å². The Balaban J connectivity index is 0. The van der Waals surface area contributed by atoms with E-state index in [4.69, 9.17) is 0 Å². The molecule has 3 aromatic carbocycles. The molecular formula is C25H33F3N4O3S. The lowest BCUT2D eigenvalue weighted by molar-refractivity contribution is 0.138. The Morgan fingerprint density at radius 3 is 2.39 bits per heavy atom. The lowest BCUT2D eigenvalue weighted by Gasteiger charge is -2.21. The minimum absolute atomic E-state index is 0. The fourth-order valence-corrected chi connectivity index (χ4v) is 3.17. The van der Waals surface area contributed by atoms with Gasteiger partial charge in [0.15, 0.2) is 0 Å². The summed E-state index contributed by atoms with van der Waals surface area (Å²) in [6.07, 6.45) is -4.10. The van der Waals surface area contributed by atoms with Gasteiger partial charge in [-0.05, 0) is 49.0 Å². The first-order valence-corrected chi connectivity index (χ1v) is 11.2. The Morgan fingerprint density at radius 1 is 1.08 bits per heavy atom. The van der Waals surface area contributed by atoms with Crippen LogP contribution in [0.2, 0.25) is 0 Å². The predicted molar refractivity (Wildman–Crippen MR) is 146 cm³/mol. The zero-order valence-electron chi connectivity index (χ0n) is 19.4. The highest BCUT2D eigenvalue weighted by Crippen LogP contribution is 2.26. The van der Waals surface area contributed by atoms with E-state index in [1.54, 1.807) is 12.1 Å². The van der Waals surface area contributed by atoms with Crippen LogP contribution in [0.1, 0.15) is 4.28 Å². The molecule has 0 spiro atoms. The first-order chi connectivity index (χ1) is 17.2. The van der Waals surface area contributed by atoms with Gasteiger partial charge in [0.2, 0.25) is 5.43 Å². The van der Waals surface area contributed by atoms with E-state index in [0.29, 0.717) is 16.3 Å². The molecule has 7 nitrogen and oxygen atoms in total. The highest BCUT2D eigenvalue weighted by molar-refractivity contribution is 7.80. The van der Waals surface area contributed by atoms with Crippen molar-refractivity contribution >= 4 is 34.3 Å². The molecule has 0 aliphatic heterocycles. The number of rotatable bonds is 9. The van der Waals surface area contributed by atoms with Crippen LogP contribution in [-0.4, -0.2) is 48.0 Å². The van der Waals surface area contributed by atoms with Crippen molar-refractivity contribution in [3.63, 3.8) is 0 Å². The molecule has 1 atom stereocenters. The van der Waals surface area contributed by atoms with Crippen LogP contribution in [0, 0.1) is 5.82 Å². The fraction of sp³-hybridized carbons (Fsp3) is 0.200. The largest absolute Gasteiger partial charge is 0.389 e. The highest BCUT2D eigenvalue weighted by atomic mass is 32.1. The van der Waals surface area contributed by atoms with Gasteiger partial charge in [-0.15, -0.1) is 0 Å². The second kappa shape index (κ2) is 14.1. The number of hydrogen-bond acceptors (Lipinski definition) is 7. The highest BCUT2D eigenvalue weighted by Gasteiger charge is 2.16. The molecule has 0 bridgehead atoms. The summed E-state index contributed by atoms with van der Waals surface area (Å²) in [5.41, 5.74) is 5.97. The molecule has 0 heterocycles. The second-order valence-electron chi connectivity index (χ2n) is 7.34. The monoisotopic (exact) mass is 526 g/mol. The Kier molecular flexibility index (Phi) is 11.3. The third kappa shape index (κ3) is 8.31. The second-order valence-corrected chi connectivity index (χ2v) is 7.78. The van der Waals surface area contributed by atoms with Crippen molar-refractivity contribution in [3.05, 3.63) is 88.8 Å². The molecule has 198 valence electrons. The molecule has 0 saturated heterocycles. The van der Waals surface area contributed by atoms with Gasteiger partial charge in [0.25, 0.3) is 6.43 Å². The molecular weight excluding hydrogens is 493 g/mol. The molecule has 0 unspecified atom stereocenters. The first-order valence-electron chi connectivity index (χ1n) is 10.8. The minimum atomic E-state index is -2.85. The van der Waals surface area contributed by atoms with E-state index in [2.05, 4.69) is 28.6 Å². The van der Waals surface area contributed by atoms with Gasteiger partial charge in [0.05, 0.1) is 24.0 Å². The number of benzene rings is 2. The maximum atomic E-state index is 14.8. The predicted octanol–water partition coefficient (Wildman–Crippen LogP) is 4.65. The van der Waals surface area contributed by atoms with E-state index >= 15 is 0 Å². The smallest absolute Gasteiger partial charge is 0.288 e. The Hall–Kier alpha value is -3.51. The summed E-state index contributed by atoms with van der Waals surface area (Å²) in [6, 6.07) is 19.0. The topological polar surface area (TPSA) is 111 Å². The number of nitrogens with two attached hydrogens (primary N) is 1. The number of anilines is 3. The Bertz CT molecular complexity index is 1220. The van der Waals surface area contributed by atoms with Gasteiger partial charge in [0, 0.05) is 28.1 Å². The molecule has 0 fully saturated rings. The van der Waals surface area contributed by atoms with Gasteiger partial charge in [0.1, 0.15) is 10.8 Å². The quantitative estimate of drug-likeness (QED) is 0.203. The van der Waals surface area contributed by atoms with Gasteiger partial charge >= 0.3 is 0 Å². The average molecular weight is 527 g/mol. The molecule has 0 aromatic heterocycles. The van der Waals surface area contributed by atoms with Crippen LogP contribution in [0.5, 0.6) is 0 Å². The maximum absolute atomic E-state index is 14.8. The number of hydroxylamine groups is 1. The number of nitrogens with zero attached hydrogens (tertiary/aromatic N) is 1. The van der Waals surface area contributed by atoms with Crippen molar-refractivity contribution in [2.24, 2.45) is 5.73 Å². The van der Waals surface area contributed by atoms with Crippen molar-refractivity contribution in [1.82, 2.24) is 5.32 Å². The minimum Gasteiger partial charge on any atom is -0.389 e. The molecule has 6 N–H and O–H groups in total. The van der Waals surface area contributed by atoms with E-state index in [-0.39, 0.29) is 34.0 Å². The molecule has 0 aliphatic rings. The summed E-state index contributed by atoms with van der Waals surface area (Å²) in [4.78, 5) is 11.7. The molecule has 0 saturated carbocycles. The number of alkyl halides is 2. The first kappa shape index (κ1) is 28.7. The maximum Gasteiger partial charge on any atom is 0.288 e. The third-order valence-corrected chi connectivity index (χ3v) is 5.14. The van der Waals surface area contributed by atoms with E-state index < -0.39 is 23.3 Å². The summed E-state index contributed by atoms with van der Waals surface area (Å²) in [5, 5.41) is 25.9. The Labute approximate surface area is 216 Å². The summed E-state index contributed by atoms with van der Waals surface area (Å²) in [6.45, 7) is -0.676. The van der Waals surface area contributed by atoms with Crippen molar-refractivity contribution in [1.29, 1.82) is 0 Å². The van der Waals surface area contributed by atoms with E-state index in [0.717, 1.165) is 11.8 Å². The van der Waals surface area contributed by atoms with Crippen LogP contribution in [0.25, 0.3) is 11.1 Å². The van der Waals surface area contributed by atoms with Crippen molar-refractivity contribution in [2.75, 3.05) is 30.5 Å². The number of aliphatic hydroxyl groups excluding tert-OH is 1. The lowest BCUT2D eigenvalue weighted by Crippen LogP contribution is -2.40. The van der Waals surface area contributed by atoms with Crippen LogP contribution in [0.15, 0.2) is 77.6 Å². The number of thiocarbonyl (C=S) groups is 1. The van der Waals surface area contributed by atoms with Crippen LogP contribution < -0.4 is 26.9 Å². The molecule has 0 radical (unpaired) electrons. The zero-order valence-corrected chi connectivity index (χ0v) is 20.2. The lowest BCUT2D eigenvalue weighted by atomic mass is 10.1. The molecule has 36 heavy (non-hydrogen) atoms. The zero-order chi connectivity index (χ0) is 26.7. The number of para-hydroxylation sites is 1. The van der Waals surface area contributed by atoms with Crippen molar-refractivity contribution in [2.45, 2.75) is 12.5 Å². The Morgan fingerprint density at radius 2 is 1.75 bits per heavy atom. The summed E-state index contributed by atoms with van der Waals surface area (Å²) in [7, 11) is 1.50.